The van der Waals surface area contributed by atoms with E-state index in [1.165, 1.54) is 24.8 Å². The van der Waals surface area contributed by atoms with Crippen molar-refractivity contribution in [1.82, 2.24) is 10.6 Å². The van der Waals surface area contributed by atoms with E-state index in [0.29, 0.717) is 12.0 Å². The molecule has 1 aromatic rings. The first kappa shape index (κ1) is 14.6. The Balaban J connectivity index is 1.78. The molecule has 2 rings (SSSR count). The van der Waals surface area contributed by atoms with Gasteiger partial charge in [-0.3, -0.25) is 0 Å². The third kappa shape index (κ3) is 4.41. The average Bonchev–Trinajstić information content (AvgIpc) is 2.44. The molecule has 2 atom stereocenters. The van der Waals surface area contributed by atoms with Crippen molar-refractivity contribution in [2.75, 3.05) is 0 Å². The van der Waals surface area contributed by atoms with Crippen LogP contribution in [0.25, 0.3) is 6.08 Å². The van der Waals surface area contributed by atoms with E-state index < -0.39 is 0 Å². The smallest absolute Gasteiger partial charge is 0.318 e. The van der Waals surface area contributed by atoms with E-state index in [9.17, 15) is 4.79 Å². The number of urea groups is 1. The van der Waals surface area contributed by atoms with Gasteiger partial charge in [0.25, 0.3) is 0 Å². The summed E-state index contributed by atoms with van der Waals surface area (Å²) < 4.78 is 0. The Bertz CT molecular complexity index is 464. The molecule has 20 heavy (non-hydrogen) atoms. The summed E-state index contributed by atoms with van der Waals surface area (Å²) in [7, 11) is 0. The summed E-state index contributed by atoms with van der Waals surface area (Å²) in [6, 6.07) is 8.40. The zero-order valence-electron chi connectivity index (χ0n) is 12.4. The van der Waals surface area contributed by atoms with Crippen molar-refractivity contribution < 1.29 is 4.79 Å². The van der Waals surface area contributed by atoms with Crippen LogP contribution in [0.4, 0.5) is 4.79 Å². The molecule has 0 saturated heterocycles. The summed E-state index contributed by atoms with van der Waals surface area (Å²) in [4.78, 5) is 11.8. The number of rotatable bonds is 3. The summed E-state index contributed by atoms with van der Waals surface area (Å²) >= 11 is 0. The predicted octanol–water partition coefficient (Wildman–Crippen LogP) is 3.84. The van der Waals surface area contributed by atoms with Gasteiger partial charge in [-0.05, 0) is 37.3 Å². The zero-order chi connectivity index (χ0) is 14.4. The lowest BCUT2D eigenvalue weighted by Gasteiger charge is -2.29. The first-order chi connectivity index (χ1) is 9.65. The minimum atomic E-state index is -0.105. The van der Waals surface area contributed by atoms with Crippen LogP contribution in [0.15, 0.2) is 30.5 Å². The molecule has 1 aliphatic carbocycles. The van der Waals surface area contributed by atoms with Crippen LogP contribution in [-0.2, 0) is 0 Å². The Morgan fingerprint density at radius 2 is 1.90 bits per heavy atom. The van der Waals surface area contributed by atoms with Gasteiger partial charge in [-0.25, -0.2) is 4.79 Å². The molecule has 0 radical (unpaired) electrons. The average molecular weight is 272 g/mol. The Morgan fingerprint density at radius 3 is 2.60 bits per heavy atom. The molecule has 0 aliphatic heterocycles. The second-order valence-electron chi connectivity index (χ2n) is 5.73. The van der Waals surface area contributed by atoms with E-state index in [0.717, 1.165) is 12.0 Å². The number of nitrogens with one attached hydrogen (secondary N) is 2. The van der Waals surface area contributed by atoms with Crippen molar-refractivity contribution in [3.8, 4) is 0 Å². The van der Waals surface area contributed by atoms with E-state index in [-0.39, 0.29) is 6.03 Å². The van der Waals surface area contributed by atoms with Gasteiger partial charge in [0.15, 0.2) is 0 Å². The predicted molar refractivity (Wildman–Crippen MR) is 83.3 cm³/mol. The first-order valence-corrected chi connectivity index (χ1v) is 7.45. The van der Waals surface area contributed by atoms with E-state index in [4.69, 9.17) is 0 Å². The highest BCUT2D eigenvalue weighted by Gasteiger charge is 2.22. The van der Waals surface area contributed by atoms with Gasteiger partial charge in [-0.15, -0.1) is 0 Å². The fraction of sp³-hybridized carbons (Fsp3) is 0.471. The summed E-state index contributed by atoms with van der Waals surface area (Å²) in [5, 5.41) is 5.85. The molecule has 1 aromatic carbocycles. The van der Waals surface area contributed by atoms with Crippen molar-refractivity contribution in [2.24, 2.45) is 5.92 Å². The van der Waals surface area contributed by atoms with Crippen molar-refractivity contribution in [1.29, 1.82) is 0 Å². The molecule has 3 heteroatoms. The minimum absolute atomic E-state index is 0.105. The Hall–Kier alpha value is -1.77. The summed E-state index contributed by atoms with van der Waals surface area (Å²) in [6.07, 6.45) is 8.42. The van der Waals surface area contributed by atoms with Crippen LogP contribution in [-0.4, -0.2) is 12.1 Å². The SMILES string of the molecule is Cc1ccc(/C=C/NC(=O)NC2CCCCC2C)cc1. The van der Waals surface area contributed by atoms with E-state index in [1.54, 1.807) is 6.20 Å². The number of carbonyl (C=O) groups is 1. The summed E-state index contributed by atoms with van der Waals surface area (Å²) in [5.74, 6) is 0.579. The molecule has 0 bridgehead atoms. The molecule has 1 saturated carbocycles. The van der Waals surface area contributed by atoms with Crippen molar-refractivity contribution >= 4 is 12.1 Å². The van der Waals surface area contributed by atoms with Crippen LogP contribution in [0, 0.1) is 12.8 Å². The van der Waals surface area contributed by atoms with Crippen molar-refractivity contribution in [2.45, 2.75) is 45.6 Å². The number of aryl methyl sites for hydroxylation is 1. The second-order valence-corrected chi connectivity index (χ2v) is 5.73. The van der Waals surface area contributed by atoms with Gasteiger partial charge in [0.1, 0.15) is 0 Å². The maximum Gasteiger partial charge on any atom is 0.318 e. The molecule has 2 unspecified atom stereocenters. The van der Waals surface area contributed by atoms with Crippen LogP contribution in [0.2, 0.25) is 0 Å². The summed E-state index contributed by atoms with van der Waals surface area (Å²) in [6.45, 7) is 4.27. The lowest BCUT2D eigenvalue weighted by molar-refractivity contribution is 0.225. The minimum Gasteiger partial charge on any atom is -0.335 e. The topological polar surface area (TPSA) is 41.1 Å². The number of hydrogen-bond donors (Lipinski definition) is 2. The van der Waals surface area contributed by atoms with Crippen LogP contribution in [0.1, 0.15) is 43.7 Å². The van der Waals surface area contributed by atoms with E-state index in [1.807, 2.05) is 18.2 Å². The van der Waals surface area contributed by atoms with Gasteiger partial charge in [0.05, 0.1) is 0 Å². The number of carbonyl (C=O) groups excluding carboxylic acids is 1. The van der Waals surface area contributed by atoms with Gasteiger partial charge in [0, 0.05) is 12.2 Å². The molecule has 0 spiro atoms. The van der Waals surface area contributed by atoms with Gasteiger partial charge in [-0.2, -0.15) is 0 Å². The number of hydrogen-bond acceptors (Lipinski definition) is 1. The van der Waals surface area contributed by atoms with E-state index in [2.05, 4.69) is 36.6 Å². The lowest BCUT2D eigenvalue weighted by Crippen LogP contribution is -2.44. The van der Waals surface area contributed by atoms with Gasteiger partial charge >= 0.3 is 6.03 Å². The fourth-order valence-corrected chi connectivity index (χ4v) is 2.63. The molecule has 2 N–H and O–H groups in total. The van der Waals surface area contributed by atoms with Crippen LogP contribution < -0.4 is 10.6 Å². The highest BCUT2D eigenvalue weighted by Crippen LogP contribution is 2.23. The molecular formula is C17H24N2O. The summed E-state index contributed by atoms with van der Waals surface area (Å²) in [5.41, 5.74) is 2.32. The molecule has 3 nitrogen and oxygen atoms in total. The lowest BCUT2D eigenvalue weighted by atomic mass is 9.86. The van der Waals surface area contributed by atoms with Crippen LogP contribution in [0.3, 0.4) is 0 Å². The largest absolute Gasteiger partial charge is 0.335 e. The van der Waals surface area contributed by atoms with Gasteiger partial charge in [0.2, 0.25) is 0 Å². The maximum atomic E-state index is 11.8. The quantitative estimate of drug-likeness (QED) is 0.862. The molecule has 0 aromatic heterocycles. The molecule has 108 valence electrons. The Kier molecular flexibility index (Phi) is 5.22. The molecular weight excluding hydrogens is 248 g/mol. The molecule has 2 amide bonds. The second kappa shape index (κ2) is 7.13. The number of amides is 2. The standard InChI is InChI=1S/C17H24N2O/c1-13-7-9-15(10-8-13)11-12-18-17(20)19-16-6-4-3-5-14(16)2/h7-12,14,16H,3-6H2,1-2H3,(H2,18,19,20)/b12-11+. The van der Waals surface area contributed by atoms with Gasteiger partial charge < -0.3 is 10.6 Å². The molecule has 0 heterocycles. The highest BCUT2D eigenvalue weighted by molar-refractivity contribution is 5.76. The molecule has 1 fully saturated rings. The molecule has 1 aliphatic rings. The zero-order valence-corrected chi connectivity index (χ0v) is 12.4. The van der Waals surface area contributed by atoms with Crippen molar-refractivity contribution in [3.05, 3.63) is 41.6 Å². The van der Waals surface area contributed by atoms with Gasteiger partial charge in [-0.1, -0.05) is 49.6 Å². The fourth-order valence-electron chi connectivity index (χ4n) is 2.63. The Morgan fingerprint density at radius 1 is 1.20 bits per heavy atom. The van der Waals surface area contributed by atoms with Crippen molar-refractivity contribution in [3.63, 3.8) is 0 Å². The first-order valence-electron chi connectivity index (χ1n) is 7.45. The number of benzene rings is 1. The van der Waals surface area contributed by atoms with Crippen LogP contribution in [0.5, 0.6) is 0 Å². The van der Waals surface area contributed by atoms with Crippen LogP contribution >= 0.6 is 0 Å². The maximum absolute atomic E-state index is 11.8. The third-order valence-corrected chi connectivity index (χ3v) is 4.00. The third-order valence-electron chi connectivity index (χ3n) is 4.00. The Labute approximate surface area is 121 Å². The monoisotopic (exact) mass is 272 g/mol. The highest BCUT2D eigenvalue weighted by atomic mass is 16.2. The normalized spacial score (nSPS) is 22.7. The van der Waals surface area contributed by atoms with E-state index >= 15 is 0 Å².